The van der Waals surface area contributed by atoms with Crippen LogP contribution in [0.5, 0.6) is 5.75 Å². The predicted octanol–water partition coefficient (Wildman–Crippen LogP) is 6.30. The van der Waals surface area contributed by atoms with Gasteiger partial charge in [0, 0.05) is 31.1 Å². The summed E-state index contributed by atoms with van der Waals surface area (Å²) in [6.07, 6.45) is 1.27. The quantitative estimate of drug-likeness (QED) is 0.296. The fourth-order valence-corrected chi connectivity index (χ4v) is 5.02. The van der Waals surface area contributed by atoms with Gasteiger partial charge in [-0.05, 0) is 56.2 Å². The number of nitrogens with zero attached hydrogens (tertiary/aromatic N) is 3. The van der Waals surface area contributed by atoms with Crippen LogP contribution < -0.4 is 9.64 Å². The van der Waals surface area contributed by atoms with Gasteiger partial charge in [0.15, 0.2) is 0 Å². The zero-order valence-corrected chi connectivity index (χ0v) is 20.3. The highest BCUT2D eigenvalue weighted by atomic mass is 35.5. The van der Waals surface area contributed by atoms with E-state index in [4.69, 9.17) is 21.3 Å². The Hall–Kier alpha value is -3.31. The molecule has 1 atom stereocenters. The summed E-state index contributed by atoms with van der Waals surface area (Å²) in [6, 6.07) is 21.9. The Morgan fingerprint density at radius 3 is 2.68 bits per heavy atom. The first-order chi connectivity index (χ1) is 16.5. The van der Waals surface area contributed by atoms with Gasteiger partial charge in [-0.15, -0.1) is 0 Å². The van der Waals surface area contributed by atoms with Gasteiger partial charge in [0.1, 0.15) is 11.6 Å². The topological polar surface area (TPSA) is 47.4 Å². The summed E-state index contributed by atoms with van der Waals surface area (Å²) in [6.45, 7) is 6.09. The van der Waals surface area contributed by atoms with Crippen LogP contribution in [0.3, 0.4) is 0 Å². The highest BCUT2D eigenvalue weighted by molar-refractivity contribution is 6.32. The lowest BCUT2D eigenvalue weighted by Gasteiger charge is -2.20. The van der Waals surface area contributed by atoms with E-state index in [9.17, 15) is 4.79 Å². The average molecular weight is 474 g/mol. The second kappa shape index (κ2) is 9.51. The summed E-state index contributed by atoms with van der Waals surface area (Å²) in [5, 5.41) is 0.618. The highest BCUT2D eigenvalue weighted by Crippen LogP contribution is 2.35. The van der Waals surface area contributed by atoms with Gasteiger partial charge in [0.05, 0.1) is 22.7 Å². The molecule has 2 heterocycles. The van der Waals surface area contributed by atoms with E-state index >= 15 is 0 Å². The van der Waals surface area contributed by atoms with Crippen molar-refractivity contribution in [1.82, 2.24) is 9.55 Å². The third kappa shape index (κ3) is 4.40. The Kier molecular flexibility index (Phi) is 6.29. The number of para-hydroxylation sites is 3. The number of carbonyl (C=O) groups is 1. The molecule has 34 heavy (non-hydrogen) atoms. The second-order valence-corrected chi connectivity index (χ2v) is 9.35. The van der Waals surface area contributed by atoms with E-state index in [-0.39, 0.29) is 11.8 Å². The molecule has 6 heteroatoms. The van der Waals surface area contributed by atoms with Crippen molar-refractivity contribution in [3.05, 3.63) is 88.7 Å². The first kappa shape index (κ1) is 22.5. The molecule has 0 N–H and O–H groups in total. The molecule has 1 aliphatic rings. The summed E-state index contributed by atoms with van der Waals surface area (Å²) < 4.78 is 8.16. The van der Waals surface area contributed by atoms with Crippen molar-refractivity contribution >= 4 is 34.2 Å². The molecule has 0 saturated carbocycles. The van der Waals surface area contributed by atoms with E-state index in [1.807, 2.05) is 47.4 Å². The van der Waals surface area contributed by atoms with Gasteiger partial charge in [-0.25, -0.2) is 4.98 Å². The van der Waals surface area contributed by atoms with E-state index in [0.717, 1.165) is 41.1 Å². The zero-order valence-electron chi connectivity index (χ0n) is 19.5. The first-order valence-electron chi connectivity index (χ1n) is 11.7. The number of carbonyl (C=O) groups excluding carboxylic acids is 1. The lowest BCUT2D eigenvalue weighted by atomic mass is 10.1. The van der Waals surface area contributed by atoms with E-state index in [1.54, 1.807) is 0 Å². The van der Waals surface area contributed by atoms with Crippen LogP contribution in [-0.4, -0.2) is 28.6 Å². The van der Waals surface area contributed by atoms with Gasteiger partial charge < -0.3 is 14.2 Å². The van der Waals surface area contributed by atoms with Crippen molar-refractivity contribution in [3.8, 4) is 5.75 Å². The molecular formula is C28H28ClN3O2. The molecule has 1 fully saturated rings. The minimum Gasteiger partial charge on any atom is -0.492 e. The number of aromatic nitrogens is 2. The van der Waals surface area contributed by atoms with Gasteiger partial charge in [-0.3, -0.25) is 4.79 Å². The molecule has 4 aromatic rings. The molecular weight excluding hydrogens is 446 g/mol. The molecule has 1 saturated heterocycles. The standard InChI is InChI=1S/C28H28ClN3O2/c1-19-12-13-24(20(2)16-19)32-18-21(17-27(32)33)28-30-23-9-4-5-10-25(23)31(28)14-7-15-34-26-11-6-3-8-22(26)29/h3-6,8-13,16,21H,7,14-15,17-18H2,1-2H3. The fraction of sp³-hybridized carbons (Fsp3) is 0.286. The number of ether oxygens (including phenoxy) is 1. The Balaban J connectivity index is 1.36. The summed E-state index contributed by atoms with van der Waals surface area (Å²) in [4.78, 5) is 19.9. The predicted molar refractivity (Wildman–Crippen MR) is 137 cm³/mol. The zero-order chi connectivity index (χ0) is 23.7. The molecule has 1 unspecified atom stereocenters. The smallest absolute Gasteiger partial charge is 0.227 e. The maximum atomic E-state index is 13.0. The minimum absolute atomic E-state index is 0.0464. The summed E-state index contributed by atoms with van der Waals surface area (Å²) in [5.74, 6) is 1.87. The van der Waals surface area contributed by atoms with E-state index in [1.165, 1.54) is 5.56 Å². The SMILES string of the molecule is Cc1ccc(N2CC(c3nc4ccccc4n3CCCOc3ccccc3Cl)CC2=O)c(C)c1. The van der Waals surface area contributed by atoms with Gasteiger partial charge in [-0.1, -0.05) is 53.6 Å². The van der Waals surface area contributed by atoms with Gasteiger partial charge >= 0.3 is 0 Å². The Bertz CT molecular complexity index is 1350. The van der Waals surface area contributed by atoms with Crippen molar-refractivity contribution in [3.63, 3.8) is 0 Å². The van der Waals surface area contributed by atoms with Gasteiger partial charge in [-0.2, -0.15) is 0 Å². The Morgan fingerprint density at radius 1 is 1.06 bits per heavy atom. The van der Waals surface area contributed by atoms with Crippen LogP contribution in [0.25, 0.3) is 11.0 Å². The Labute approximate surface area is 204 Å². The van der Waals surface area contributed by atoms with Crippen molar-refractivity contribution < 1.29 is 9.53 Å². The normalized spacial score (nSPS) is 15.9. The number of rotatable bonds is 7. The number of amides is 1. The summed E-state index contributed by atoms with van der Waals surface area (Å²) in [7, 11) is 0. The second-order valence-electron chi connectivity index (χ2n) is 8.94. The van der Waals surface area contributed by atoms with Crippen molar-refractivity contribution in [1.29, 1.82) is 0 Å². The van der Waals surface area contributed by atoms with Crippen LogP contribution in [0, 0.1) is 13.8 Å². The number of hydrogen-bond acceptors (Lipinski definition) is 3. The summed E-state index contributed by atoms with van der Waals surface area (Å²) >= 11 is 6.21. The molecule has 5 nitrogen and oxygen atoms in total. The third-order valence-electron chi connectivity index (χ3n) is 6.44. The van der Waals surface area contributed by atoms with Crippen molar-refractivity contribution in [2.45, 2.75) is 39.2 Å². The number of hydrogen-bond donors (Lipinski definition) is 0. The van der Waals surface area contributed by atoms with Crippen LogP contribution in [0.1, 0.15) is 35.7 Å². The number of aryl methyl sites for hydroxylation is 3. The van der Waals surface area contributed by atoms with Crippen LogP contribution in [-0.2, 0) is 11.3 Å². The number of benzene rings is 3. The molecule has 5 rings (SSSR count). The molecule has 0 bridgehead atoms. The van der Waals surface area contributed by atoms with Crippen LogP contribution in [0.4, 0.5) is 5.69 Å². The van der Waals surface area contributed by atoms with E-state index < -0.39 is 0 Å². The lowest BCUT2D eigenvalue weighted by Crippen LogP contribution is -2.25. The van der Waals surface area contributed by atoms with Crippen LogP contribution >= 0.6 is 11.6 Å². The maximum absolute atomic E-state index is 13.0. The summed E-state index contributed by atoms with van der Waals surface area (Å²) in [5.41, 5.74) is 5.37. The van der Waals surface area contributed by atoms with Crippen LogP contribution in [0.2, 0.25) is 5.02 Å². The first-order valence-corrected chi connectivity index (χ1v) is 12.1. The molecule has 1 aliphatic heterocycles. The van der Waals surface area contributed by atoms with Crippen molar-refractivity contribution in [2.24, 2.45) is 0 Å². The number of anilines is 1. The molecule has 1 amide bonds. The van der Waals surface area contributed by atoms with Gasteiger partial charge in [0.2, 0.25) is 5.91 Å². The molecule has 0 radical (unpaired) electrons. The number of imidazole rings is 1. The maximum Gasteiger partial charge on any atom is 0.227 e. The fourth-order valence-electron chi connectivity index (χ4n) is 4.83. The largest absolute Gasteiger partial charge is 0.492 e. The Morgan fingerprint density at radius 2 is 1.85 bits per heavy atom. The number of halogens is 1. The molecule has 174 valence electrons. The molecule has 0 aliphatic carbocycles. The van der Waals surface area contributed by atoms with Gasteiger partial charge in [0.25, 0.3) is 0 Å². The van der Waals surface area contributed by atoms with E-state index in [2.05, 4.69) is 42.7 Å². The third-order valence-corrected chi connectivity index (χ3v) is 6.75. The average Bonchev–Trinajstić information content (AvgIpc) is 3.38. The molecule has 3 aromatic carbocycles. The number of fused-ring (bicyclic) bond motifs is 1. The minimum atomic E-state index is 0.0464. The van der Waals surface area contributed by atoms with Crippen LogP contribution in [0.15, 0.2) is 66.7 Å². The monoisotopic (exact) mass is 473 g/mol. The molecule has 1 aromatic heterocycles. The van der Waals surface area contributed by atoms with E-state index in [0.29, 0.717) is 30.3 Å². The van der Waals surface area contributed by atoms with Crippen molar-refractivity contribution in [2.75, 3.05) is 18.1 Å². The molecule has 0 spiro atoms. The highest BCUT2D eigenvalue weighted by Gasteiger charge is 2.35. The lowest BCUT2D eigenvalue weighted by molar-refractivity contribution is -0.117.